The lowest BCUT2D eigenvalue weighted by Crippen LogP contribution is -2.41. The van der Waals surface area contributed by atoms with E-state index in [0.717, 1.165) is 6.07 Å². The summed E-state index contributed by atoms with van der Waals surface area (Å²) in [4.78, 5) is 28.7. The molecule has 0 aliphatic carbocycles. The predicted octanol–water partition coefficient (Wildman–Crippen LogP) is 2.60. The SMILES string of the molecule is CC(CCNC(=O)c1ccnc(F)c1)N(C)C(=O)OC(C)(C)C. The van der Waals surface area contributed by atoms with Crippen LogP contribution >= 0.6 is 0 Å². The van der Waals surface area contributed by atoms with Gasteiger partial charge in [0.15, 0.2) is 0 Å². The van der Waals surface area contributed by atoms with Crippen molar-refractivity contribution in [3.8, 4) is 0 Å². The van der Waals surface area contributed by atoms with Crippen LogP contribution in [-0.4, -0.2) is 47.1 Å². The summed E-state index contributed by atoms with van der Waals surface area (Å²) < 4.78 is 18.2. The van der Waals surface area contributed by atoms with Crippen LogP contribution in [0.15, 0.2) is 18.3 Å². The zero-order valence-electron chi connectivity index (χ0n) is 14.2. The van der Waals surface area contributed by atoms with Gasteiger partial charge < -0.3 is 15.0 Å². The second-order valence-corrected chi connectivity index (χ2v) is 6.35. The summed E-state index contributed by atoms with van der Waals surface area (Å²) >= 11 is 0. The molecule has 1 aromatic heterocycles. The summed E-state index contributed by atoms with van der Waals surface area (Å²) in [6.07, 6.45) is 1.38. The highest BCUT2D eigenvalue weighted by Gasteiger charge is 2.22. The van der Waals surface area contributed by atoms with Gasteiger partial charge in [-0.25, -0.2) is 9.78 Å². The number of amides is 2. The monoisotopic (exact) mass is 325 g/mol. The molecule has 6 nitrogen and oxygen atoms in total. The van der Waals surface area contributed by atoms with Crippen molar-refractivity contribution in [1.82, 2.24) is 15.2 Å². The van der Waals surface area contributed by atoms with E-state index in [9.17, 15) is 14.0 Å². The van der Waals surface area contributed by atoms with Crippen LogP contribution in [0.1, 0.15) is 44.5 Å². The normalized spacial score (nSPS) is 12.4. The third-order valence-corrected chi connectivity index (χ3v) is 3.18. The topological polar surface area (TPSA) is 71.5 Å². The number of nitrogens with zero attached hydrogens (tertiary/aromatic N) is 2. The first-order valence-corrected chi connectivity index (χ1v) is 7.45. The fourth-order valence-corrected chi connectivity index (χ4v) is 1.75. The van der Waals surface area contributed by atoms with Crippen LogP contribution in [0.5, 0.6) is 0 Å². The van der Waals surface area contributed by atoms with Crippen molar-refractivity contribution < 1.29 is 18.7 Å². The maximum Gasteiger partial charge on any atom is 0.410 e. The lowest BCUT2D eigenvalue weighted by Gasteiger charge is -2.28. The minimum Gasteiger partial charge on any atom is -0.444 e. The van der Waals surface area contributed by atoms with Crippen LogP contribution in [-0.2, 0) is 4.74 Å². The summed E-state index contributed by atoms with van der Waals surface area (Å²) in [5, 5.41) is 2.69. The van der Waals surface area contributed by atoms with Gasteiger partial charge in [-0.2, -0.15) is 4.39 Å². The van der Waals surface area contributed by atoms with Crippen LogP contribution in [0.4, 0.5) is 9.18 Å². The number of carbonyl (C=O) groups excluding carboxylic acids is 2. The van der Waals surface area contributed by atoms with Gasteiger partial charge in [-0.15, -0.1) is 0 Å². The number of aromatic nitrogens is 1. The van der Waals surface area contributed by atoms with Crippen molar-refractivity contribution in [2.24, 2.45) is 0 Å². The van der Waals surface area contributed by atoms with Gasteiger partial charge >= 0.3 is 6.09 Å². The molecule has 23 heavy (non-hydrogen) atoms. The Kier molecular flexibility index (Phi) is 6.48. The Morgan fingerprint density at radius 1 is 1.43 bits per heavy atom. The standard InChI is InChI=1S/C16H24FN3O3/c1-11(20(5)15(22)23-16(2,3)4)6-8-19-14(21)12-7-9-18-13(17)10-12/h7,9-11H,6,8H2,1-5H3,(H,19,21). The highest BCUT2D eigenvalue weighted by molar-refractivity contribution is 5.93. The lowest BCUT2D eigenvalue weighted by molar-refractivity contribution is 0.0230. The molecule has 1 heterocycles. The number of pyridine rings is 1. The zero-order valence-corrected chi connectivity index (χ0v) is 14.2. The molecule has 0 radical (unpaired) electrons. The van der Waals surface area contributed by atoms with Crippen LogP contribution < -0.4 is 5.32 Å². The molecule has 128 valence electrons. The summed E-state index contributed by atoms with van der Waals surface area (Å²) in [7, 11) is 1.65. The molecule has 0 bridgehead atoms. The smallest absolute Gasteiger partial charge is 0.410 e. The van der Waals surface area contributed by atoms with E-state index < -0.39 is 17.6 Å². The molecule has 1 N–H and O–H groups in total. The predicted molar refractivity (Wildman–Crippen MR) is 84.6 cm³/mol. The molecule has 0 spiro atoms. The summed E-state index contributed by atoms with van der Waals surface area (Å²) in [6.45, 7) is 7.63. The Balaban J connectivity index is 2.42. The Morgan fingerprint density at radius 2 is 2.09 bits per heavy atom. The van der Waals surface area contributed by atoms with Crippen molar-refractivity contribution in [3.63, 3.8) is 0 Å². The number of nitrogens with one attached hydrogen (secondary N) is 1. The summed E-state index contributed by atoms with van der Waals surface area (Å²) in [5.41, 5.74) is -0.337. The van der Waals surface area contributed by atoms with Gasteiger partial charge in [0.2, 0.25) is 5.95 Å². The van der Waals surface area contributed by atoms with E-state index in [2.05, 4.69) is 10.3 Å². The molecule has 0 aliphatic heterocycles. The van der Waals surface area contributed by atoms with Crippen molar-refractivity contribution in [1.29, 1.82) is 0 Å². The van der Waals surface area contributed by atoms with E-state index in [1.807, 2.05) is 6.92 Å². The van der Waals surface area contributed by atoms with E-state index >= 15 is 0 Å². The van der Waals surface area contributed by atoms with Gasteiger partial charge in [-0.1, -0.05) is 0 Å². The molecule has 0 saturated carbocycles. The average Bonchev–Trinajstić information content (AvgIpc) is 2.44. The molecule has 1 aromatic rings. The Hall–Kier alpha value is -2.18. The zero-order chi connectivity index (χ0) is 17.6. The molecule has 1 atom stereocenters. The minimum absolute atomic E-state index is 0.112. The molecule has 0 aliphatic rings. The fourth-order valence-electron chi connectivity index (χ4n) is 1.75. The van der Waals surface area contributed by atoms with Crippen LogP contribution in [0, 0.1) is 5.95 Å². The first-order chi connectivity index (χ1) is 10.6. The molecule has 0 fully saturated rings. The second-order valence-electron chi connectivity index (χ2n) is 6.35. The fraction of sp³-hybridized carbons (Fsp3) is 0.562. The van der Waals surface area contributed by atoms with E-state index in [-0.39, 0.29) is 17.5 Å². The molecule has 7 heteroatoms. The van der Waals surface area contributed by atoms with Gasteiger partial charge in [0.25, 0.3) is 5.91 Å². The molecular weight excluding hydrogens is 301 g/mol. The largest absolute Gasteiger partial charge is 0.444 e. The molecule has 0 saturated heterocycles. The van der Waals surface area contributed by atoms with Crippen molar-refractivity contribution >= 4 is 12.0 Å². The molecule has 1 rings (SSSR count). The number of hydrogen-bond acceptors (Lipinski definition) is 4. The van der Waals surface area contributed by atoms with E-state index in [1.54, 1.807) is 27.8 Å². The molecule has 2 amide bonds. The van der Waals surface area contributed by atoms with Crippen molar-refractivity contribution in [2.75, 3.05) is 13.6 Å². The van der Waals surface area contributed by atoms with E-state index in [0.29, 0.717) is 13.0 Å². The Labute approximate surface area is 136 Å². The number of hydrogen-bond donors (Lipinski definition) is 1. The number of ether oxygens (including phenoxy) is 1. The summed E-state index contributed by atoms with van der Waals surface area (Å²) in [6, 6.07) is 2.40. The van der Waals surface area contributed by atoms with Gasteiger partial charge in [-0.05, 0) is 40.2 Å². The second kappa shape index (κ2) is 7.89. The minimum atomic E-state index is -0.698. The molecule has 0 aromatic carbocycles. The van der Waals surface area contributed by atoms with Gasteiger partial charge in [0, 0.05) is 37.5 Å². The number of halogens is 1. The summed E-state index contributed by atoms with van der Waals surface area (Å²) in [5.74, 6) is -1.07. The van der Waals surface area contributed by atoms with Gasteiger partial charge in [-0.3, -0.25) is 4.79 Å². The van der Waals surface area contributed by atoms with Crippen LogP contribution in [0.3, 0.4) is 0 Å². The molecule has 1 unspecified atom stereocenters. The first-order valence-electron chi connectivity index (χ1n) is 7.45. The lowest BCUT2D eigenvalue weighted by atomic mass is 10.2. The highest BCUT2D eigenvalue weighted by atomic mass is 19.1. The maximum atomic E-state index is 13.0. The third-order valence-electron chi connectivity index (χ3n) is 3.18. The average molecular weight is 325 g/mol. The van der Waals surface area contributed by atoms with E-state index in [1.165, 1.54) is 17.2 Å². The number of rotatable bonds is 5. The van der Waals surface area contributed by atoms with Crippen molar-refractivity contribution in [2.45, 2.75) is 45.8 Å². The highest BCUT2D eigenvalue weighted by Crippen LogP contribution is 2.11. The Morgan fingerprint density at radius 3 is 2.65 bits per heavy atom. The first kappa shape index (κ1) is 18.9. The van der Waals surface area contributed by atoms with Gasteiger partial charge in [0.1, 0.15) is 5.60 Å². The quantitative estimate of drug-likeness (QED) is 0.845. The van der Waals surface area contributed by atoms with Crippen molar-refractivity contribution in [3.05, 3.63) is 29.8 Å². The third kappa shape index (κ3) is 6.63. The molecular formula is C16H24FN3O3. The van der Waals surface area contributed by atoms with Crippen LogP contribution in [0.25, 0.3) is 0 Å². The Bertz CT molecular complexity index is 558. The number of carbonyl (C=O) groups is 2. The van der Waals surface area contributed by atoms with E-state index in [4.69, 9.17) is 4.74 Å². The maximum absolute atomic E-state index is 13.0. The van der Waals surface area contributed by atoms with Gasteiger partial charge in [0.05, 0.1) is 0 Å². The van der Waals surface area contributed by atoms with Crippen LogP contribution in [0.2, 0.25) is 0 Å².